The van der Waals surface area contributed by atoms with E-state index in [-0.39, 0.29) is 0 Å². The number of piperidine rings is 1. The molecule has 1 aliphatic heterocycles. The van der Waals surface area contributed by atoms with E-state index in [0.717, 1.165) is 18.7 Å². The number of nitrogens with one attached hydrogen (secondary N) is 1. The lowest BCUT2D eigenvalue weighted by atomic mass is 9.94. The number of fused-ring (bicyclic) bond motifs is 1. The van der Waals surface area contributed by atoms with Gasteiger partial charge in [-0.15, -0.1) is 0 Å². The van der Waals surface area contributed by atoms with Crippen molar-refractivity contribution in [2.45, 2.75) is 59.0 Å². The van der Waals surface area contributed by atoms with E-state index >= 15 is 0 Å². The van der Waals surface area contributed by atoms with Crippen molar-refractivity contribution in [3.05, 3.63) is 47.0 Å². The second kappa shape index (κ2) is 6.88. The summed E-state index contributed by atoms with van der Waals surface area (Å²) in [5.74, 6) is 0.554. The molecule has 1 fully saturated rings. The van der Waals surface area contributed by atoms with Crippen LogP contribution in [-0.4, -0.2) is 37.7 Å². The summed E-state index contributed by atoms with van der Waals surface area (Å²) < 4.78 is 2.16. The Morgan fingerprint density at radius 3 is 2.88 bits per heavy atom. The van der Waals surface area contributed by atoms with Gasteiger partial charge in [0.05, 0.1) is 5.69 Å². The Labute approximate surface area is 155 Å². The van der Waals surface area contributed by atoms with Gasteiger partial charge in [-0.3, -0.25) is 9.58 Å². The van der Waals surface area contributed by atoms with Gasteiger partial charge in [0.25, 0.3) is 0 Å². The molecule has 1 aliphatic rings. The highest BCUT2D eigenvalue weighted by Gasteiger charge is 2.25. The van der Waals surface area contributed by atoms with Gasteiger partial charge in [-0.2, -0.15) is 5.10 Å². The van der Waals surface area contributed by atoms with Gasteiger partial charge in [0.2, 0.25) is 0 Å². The number of hydrogen-bond donors (Lipinski definition) is 1. The van der Waals surface area contributed by atoms with E-state index in [1.807, 2.05) is 12.3 Å². The molecule has 5 nitrogen and oxygen atoms in total. The first-order valence-electron chi connectivity index (χ1n) is 9.73. The van der Waals surface area contributed by atoms with E-state index in [1.54, 1.807) is 0 Å². The lowest BCUT2D eigenvalue weighted by molar-refractivity contribution is 0.198. The molecule has 3 aromatic rings. The van der Waals surface area contributed by atoms with Gasteiger partial charge in [-0.25, -0.2) is 4.98 Å². The zero-order valence-electron chi connectivity index (χ0n) is 16.3. The van der Waals surface area contributed by atoms with Crippen molar-refractivity contribution in [1.29, 1.82) is 0 Å². The molecule has 0 spiro atoms. The fraction of sp³-hybridized carbons (Fsp3) is 0.524. The number of aryl methyl sites for hydroxylation is 1. The molecule has 1 saturated heterocycles. The molecular weight excluding hydrogens is 322 g/mol. The van der Waals surface area contributed by atoms with Crippen LogP contribution in [0.15, 0.2) is 24.4 Å². The minimum atomic E-state index is 0.412. The Bertz CT molecular complexity index is 871. The second-order valence-corrected chi connectivity index (χ2v) is 7.93. The third kappa shape index (κ3) is 3.16. The van der Waals surface area contributed by atoms with Gasteiger partial charge in [-0.05, 0) is 65.3 Å². The molecule has 0 aliphatic carbocycles. The van der Waals surface area contributed by atoms with E-state index in [4.69, 9.17) is 5.10 Å². The van der Waals surface area contributed by atoms with E-state index in [0.29, 0.717) is 12.0 Å². The lowest BCUT2D eigenvalue weighted by Gasteiger charge is -2.32. The van der Waals surface area contributed by atoms with Crippen LogP contribution in [0.1, 0.15) is 61.3 Å². The van der Waals surface area contributed by atoms with Crippen molar-refractivity contribution in [2.75, 3.05) is 13.1 Å². The molecule has 0 radical (unpaired) electrons. The minimum absolute atomic E-state index is 0.412. The Balaban J connectivity index is 1.52. The van der Waals surface area contributed by atoms with Gasteiger partial charge >= 0.3 is 0 Å². The Hall–Kier alpha value is -2.14. The quantitative estimate of drug-likeness (QED) is 0.761. The van der Waals surface area contributed by atoms with Crippen molar-refractivity contribution in [2.24, 2.45) is 0 Å². The van der Waals surface area contributed by atoms with Gasteiger partial charge < -0.3 is 4.98 Å². The molecule has 1 atom stereocenters. The third-order valence-electron chi connectivity index (χ3n) is 5.70. The van der Waals surface area contributed by atoms with E-state index in [1.165, 1.54) is 47.4 Å². The SMILES string of the molecule is Cc1nn(C(C)C)c(C)c1CN1CCC[C@@H](c2cc3cccnc3[nH]2)C1. The average molecular weight is 351 g/mol. The summed E-state index contributed by atoms with van der Waals surface area (Å²) in [7, 11) is 0. The van der Waals surface area contributed by atoms with Crippen LogP contribution >= 0.6 is 0 Å². The van der Waals surface area contributed by atoms with Crippen LogP contribution in [0, 0.1) is 13.8 Å². The first kappa shape index (κ1) is 17.3. The van der Waals surface area contributed by atoms with Gasteiger partial charge in [0.1, 0.15) is 5.65 Å². The smallest absolute Gasteiger partial charge is 0.137 e. The van der Waals surface area contributed by atoms with Crippen molar-refractivity contribution in [3.8, 4) is 0 Å². The van der Waals surface area contributed by atoms with Crippen LogP contribution in [0.2, 0.25) is 0 Å². The monoisotopic (exact) mass is 351 g/mol. The number of aromatic amines is 1. The molecule has 3 aromatic heterocycles. The number of hydrogen-bond acceptors (Lipinski definition) is 3. The van der Waals surface area contributed by atoms with Gasteiger partial charge in [0.15, 0.2) is 0 Å². The van der Waals surface area contributed by atoms with Crippen LogP contribution < -0.4 is 0 Å². The van der Waals surface area contributed by atoms with Crippen LogP contribution in [0.25, 0.3) is 11.0 Å². The van der Waals surface area contributed by atoms with Crippen LogP contribution in [0.5, 0.6) is 0 Å². The van der Waals surface area contributed by atoms with E-state index < -0.39 is 0 Å². The fourth-order valence-corrected chi connectivity index (χ4v) is 4.30. The van der Waals surface area contributed by atoms with Crippen LogP contribution in [-0.2, 0) is 6.54 Å². The van der Waals surface area contributed by atoms with Crippen LogP contribution in [0.4, 0.5) is 0 Å². The molecule has 4 rings (SSSR count). The summed E-state index contributed by atoms with van der Waals surface area (Å²) >= 11 is 0. The Morgan fingerprint density at radius 1 is 1.31 bits per heavy atom. The zero-order valence-corrected chi connectivity index (χ0v) is 16.3. The molecule has 0 saturated carbocycles. The maximum Gasteiger partial charge on any atom is 0.137 e. The third-order valence-corrected chi connectivity index (χ3v) is 5.70. The number of pyridine rings is 1. The summed E-state index contributed by atoms with van der Waals surface area (Å²) in [6, 6.07) is 6.83. The topological polar surface area (TPSA) is 49.7 Å². The standard InChI is InChI=1S/C21H29N5/c1-14(2)26-16(4)19(15(3)24-26)13-25-10-6-8-18(12-25)20-11-17-7-5-9-22-21(17)23-20/h5,7,9,11,14,18H,6,8,10,12-13H2,1-4H3,(H,22,23)/t18-/m1/s1. The van der Waals surface area contributed by atoms with Gasteiger partial charge in [-0.1, -0.05) is 0 Å². The minimum Gasteiger partial charge on any atom is -0.343 e. The summed E-state index contributed by atoms with van der Waals surface area (Å²) in [4.78, 5) is 10.6. The van der Waals surface area contributed by atoms with Gasteiger partial charge in [0, 0.05) is 53.6 Å². The molecule has 5 heteroatoms. The van der Waals surface area contributed by atoms with Crippen molar-refractivity contribution < 1.29 is 0 Å². The summed E-state index contributed by atoms with van der Waals surface area (Å²) in [5, 5.41) is 5.97. The molecule has 0 aromatic carbocycles. The summed E-state index contributed by atoms with van der Waals surface area (Å²) in [6.45, 7) is 12.0. The molecule has 4 heterocycles. The number of aromatic nitrogens is 4. The maximum atomic E-state index is 4.76. The van der Waals surface area contributed by atoms with Crippen molar-refractivity contribution in [3.63, 3.8) is 0 Å². The normalized spacial score (nSPS) is 18.9. The molecular formula is C21H29N5. The highest BCUT2D eigenvalue weighted by Crippen LogP contribution is 2.30. The lowest BCUT2D eigenvalue weighted by Crippen LogP contribution is -2.34. The summed E-state index contributed by atoms with van der Waals surface area (Å²) in [5.41, 5.74) is 6.22. The first-order chi connectivity index (χ1) is 12.5. The Morgan fingerprint density at radius 2 is 2.15 bits per heavy atom. The number of likely N-dealkylation sites (tertiary alicyclic amines) is 1. The largest absolute Gasteiger partial charge is 0.343 e. The predicted molar refractivity (Wildman–Crippen MR) is 105 cm³/mol. The van der Waals surface area contributed by atoms with E-state index in [2.05, 4.69) is 59.4 Å². The van der Waals surface area contributed by atoms with Crippen molar-refractivity contribution >= 4 is 11.0 Å². The highest BCUT2D eigenvalue weighted by atomic mass is 15.3. The number of H-pyrrole nitrogens is 1. The second-order valence-electron chi connectivity index (χ2n) is 7.93. The summed E-state index contributed by atoms with van der Waals surface area (Å²) in [6.07, 6.45) is 4.34. The zero-order chi connectivity index (χ0) is 18.3. The molecule has 0 amide bonds. The Kier molecular flexibility index (Phi) is 4.57. The molecule has 1 N–H and O–H groups in total. The molecule has 0 bridgehead atoms. The molecule has 138 valence electrons. The van der Waals surface area contributed by atoms with E-state index in [9.17, 15) is 0 Å². The first-order valence-corrected chi connectivity index (χ1v) is 9.73. The molecule has 0 unspecified atom stereocenters. The maximum absolute atomic E-state index is 4.76. The highest BCUT2D eigenvalue weighted by molar-refractivity contribution is 5.76. The fourth-order valence-electron chi connectivity index (χ4n) is 4.30. The molecule has 26 heavy (non-hydrogen) atoms. The number of nitrogens with zero attached hydrogens (tertiary/aromatic N) is 4. The van der Waals surface area contributed by atoms with Crippen LogP contribution in [0.3, 0.4) is 0 Å². The average Bonchev–Trinajstić information content (AvgIpc) is 3.18. The van der Waals surface area contributed by atoms with Crippen molar-refractivity contribution in [1.82, 2.24) is 24.6 Å². The predicted octanol–water partition coefficient (Wildman–Crippen LogP) is 4.34. The number of rotatable bonds is 4.